The predicted octanol–water partition coefficient (Wildman–Crippen LogP) is 2.76. The topological polar surface area (TPSA) is 76.2 Å². The first-order chi connectivity index (χ1) is 11.2. The van der Waals surface area contributed by atoms with E-state index < -0.39 is 0 Å². The number of H-pyrrole nitrogens is 1. The number of aromatic nitrogens is 2. The largest absolute Gasteiger partial charge is 0.497 e. The van der Waals surface area contributed by atoms with Crippen LogP contribution in [0.15, 0.2) is 42.7 Å². The first-order valence-electron chi connectivity index (χ1n) is 7.13. The third-order valence-electron chi connectivity index (χ3n) is 3.52. The number of nitrogens with one attached hydrogen (secondary N) is 2. The highest BCUT2D eigenvalue weighted by molar-refractivity contribution is 5.95. The van der Waals surface area contributed by atoms with Crippen molar-refractivity contribution in [1.82, 2.24) is 9.97 Å². The van der Waals surface area contributed by atoms with E-state index in [2.05, 4.69) is 15.3 Å². The minimum Gasteiger partial charge on any atom is -0.497 e. The first kappa shape index (κ1) is 14.9. The van der Waals surface area contributed by atoms with E-state index in [-0.39, 0.29) is 12.3 Å². The molecule has 0 saturated carbocycles. The molecule has 0 aliphatic carbocycles. The molecule has 2 N–H and O–H groups in total. The monoisotopic (exact) mass is 311 g/mol. The lowest BCUT2D eigenvalue weighted by Crippen LogP contribution is -2.14. The molecule has 1 aromatic carbocycles. The van der Waals surface area contributed by atoms with E-state index >= 15 is 0 Å². The molecule has 0 unspecified atom stereocenters. The quantitative estimate of drug-likeness (QED) is 0.759. The molecule has 2 aromatic heterocycles. The molecule has 0 spiro atoms. The summed E-state index contributed by atoms with van der Waals surface area (Å²) in [6.45, 7) is 0. The van der Waals surface area contributed by atoms with Gasteiger partial charge in [0.05, 0.1) is 20.6 Å². The van der Waals surface area contributed by atoms with Crippen LogP contribution in [0.3, 0.4) is 0 Å². The highest BCUT2D eigenvalue weighted by atomic mass is 16.5. The molecule has 0 radical (unpaired) electrons. The van der Waals surface area contributed by atoms with Gasteiger partial charge in [0.25, 0.3) is 0 Å². The van der Waals surface area contributed by atoms with E-state index in [1.54, 1.807) is 38.6 Å². The summed E-state index contributed by atoms with van der Waals surface area (Å²) in [5, 5.41) is 3.81. The number of carbonyl (C=O) groups is 1. The number of benzene rings is 1. The second-order valence-electron chi connectivity index (χ2n) is 5.04. The summed E-state index contributed by atoms with van der Waals surface area (Å²) in [4.78, 5) is 19.6. The molecule has 3 rings (SSSR count). The Morgan fingerprint density at radius 2 is 1.96 bits per heavy atom. The van der Waals surface area contributed by atoms with Crippen molar-refractivity contribution >= 4 is 22.6 Å². The summed E-state index contributed by atoms with van der Waals surface area (Å²) in [5.41, 5.74) is 2.31. The van der Waals surface area contributed by atoms with Gasteiger partial charge in [-0.3, -0.25) is 4.79 Å². The van der Waals surface area contributed by atoms with Crippen LogP contribution in [0.25, 0.3) is 11.0 Å². The lowest BCUT2D eigenvalue weighted by molar-refractivity contribution is -0.115. The van der Waals surface area contributed by atoms with Crippen molar-refractivity contribution in [2.45, 2.75) is 6.42 Å². The highest BCUT2D eigenvalue weighted by Crippen LogP contribution is 2.26. The Bertz CT molecular complexity index is 820. The SMILES string of the molecule is COc1cc(NC(=O)Cc2c[nH]c3ncccc23)cc(OC)c1. The summed E-state index contributed by atoms with van der Waals surface area (Å²) in [6, 6.07) is 9.04. The summed E-state index contributed by atoms with van der Waals surface area (Å²) < 4.78 is 10.4. The van der Waals surface area contributed by atoms with Crippen LogP contribution in [0.1, 0.15) is 5.56 Å². The maximum Gasteiger partial charge on any atom is 0.228 e. The number of rotatable bonds is 5. The number of pyridine rings is 1. The van der Waals surface area contributed by atoms with Crippen molar-refractivity contribution in [3.63, 3.8) is 0 Å². The number of aromatic amines is 1. The van der Waals surface area contributed by atoms with Gasteiger partial charge in [-0.15, -0.1) is 0 Å². The first-order valence-corrected chi connectivity index (χ1v) is 7.13. The number of carbonyl (C=O) groups excluding carboxylic acids is 1. The minimum absolute atomic E-state index is 0.120. The molecule has 6 heteroatoms. The average Bonchev–Trinajstić information content (AvgIpc) is 2.97. The molecule has 1 amide bonds. The van der Waals surface area contributed by atoms with Gasteiger partial charge >= 0.3 is 0 Å². The molecule has 23 heavy (non-hydrogen) atoms. The number of methoxy groups -OCH3 is 2. The number of ether oxygens (including phenoxy) is 2. The maximum absolute atomic E-state index is 12.3. The molecule has 0 fully saturated rings. The summed E-state index contributed by atoms with van der Waals surface area (Å²) in [5.74, 6) is 1.12. The van der Waals surface area contributed by atoms with Crippen molar-refractivity contribution < 1.29 is 14.3 Å². The van der Waals surface area contributed by atoms with Crippen molar-refractivity contribution in [3.8, 4) is 11.5 Å². The van der Waals surface area contributed by atoms with E-state index in [1.807, 2.05) is 18.3 Å². The van der Waals surface area contributed by atoms with E-state index in [9.17, 15) is 4.79 Å². The Labute approximate surface area is 133 Å². The Kier molecular flexibility index (Phi) is 4.14. The second-order valence-corrected chi connectivity index (χ2v) is 5.04. The van der Waals surface area contributed by atoms with Crippen molar-refractivity contribution in [2.24, 2.45) is 0 Å². The number of amides is 1. The van der Waals surface area contributed by atoms with Crippen LogP contribution in [0.5, 0.6) is 11.5 Å². The lowest BCUT2D eigenvalue weighted by Gasteiger charge is -2.09. The van der Waals surface area contributed by atoms with Crippen molar-refractivity contribution in [3.05, 3.63) is 48.3 Å². The number of anilines is 1. The highest BCUT2D eigenvalue weighted by Gasteiger charge is 2.10. The fraction of sp³-hybridized carbons (Fsp3) is 0.176. The standard InChI is InChI=1S/C17H17N3O3/c1-22-13-7-12(8-14(9-13)23-2)20-16(21)6-11-10-19-17-15(11)4-3-5-18-17/h3-5,7-10H,6H2,1-2H3,(H,18,19)(H,20,21). The van der Waals surface area contributed by atoms with Crippen LogP contribution < -0.4 is 14.8 Å². The van der Waals surface area contributed by atoms with E-state index in [4.69, 9.17) is 9.47 Å². The molecule has 2 heterocycles. The van der Waals surface area contributed by atoms with Gasteiger partial charge in [0.15, 0.2) is 0 Å². The average molecular weight is 311 g/mol. The molecule has 6 nitrogen and oxygen atoms in total. The van der Waals surface area contributed by atoms with Crippen LogP contribution in [0.2, 0.25) is 0 Å². The molecule has 0 aliphatic rings. The molecule has 0 atom stereocenters. The Balaban J connectivity index is 1.77. The molecular formula is C17H17N3O3. The van der Waals surface area contributed by atoms with Crippen LogP contribution in [-0.4, -0.2) is 30.1 Å². The zero-order chi connectivity index (χ0) is 16.2. The molecule has 3 aromatic rings. The van der Waals surface area contributed by atoms with Crippen LogP contribution in [-0.2, 0) is 11.2 Å². The minimum atomic E-state index is -0.120. The van der Waals surface area contributed by atoms with Crippen LogP contribution in [0, 0.1) is 0 Å². The van der Waals surface area contributed by atoms with Crippen molar-refractivity contribution in [1.29, 1.82) is 0 Å². The van der Waals surface area contributed by atoms with Gasteiger partial charge in [-0.1, -0.05) is 0 Å². The van der Waals surface area contributed by atoms with Gasteiger partial charge in [0.1, 0.15) is 17.1 Å². The fourth-order valence-electron chi connectivity index (χ4n) is 2.42. The third-order valence-corrected chi connectivity index (χ3v) is 3.52. The predicted molar refractivity (Wildman–Crippen MR) is 88.0 cm³/mol. The van der Waals surface area contributed by atoms with Gasteiger partial charge in [-0.05, 0) is 17.7 Å². The molecule has 0 aliphatic heterocycles. The zero-order valence-electron chi connectivity index (χ0n) is 12.9. The fourth-order valence-corrected chi connectivity index (χ4v) is 2.42. The number of hydrogen-bond acceptors (Lipinski definition) is 4. The third kappa shape index (κ3) is 3.26. The Morgan fingerprint density at radius 1 is 1.22 bits per heavy atom. The zero-order valence-corrected chi connectivity index (χ0v) is 12.9. The van der Waals surface area contributed by atoms with E-state index in [1.165, 1.54) is 0 Å². The molecule has 0 saturated heterocycles. The Hall–Kier alpha value is -3.02. The molecular weight excluding hydrogens is 294 g/mol. The van der Waals surface area contributed by atoms with Gasteiger partial charge in [0.2, 0.25) is 5.91 Å². The van der Waals surface area contributed by atoms with Gasteiger partial charge in [0, 0.05) is 41.7 Å². The summed E-state index contributed by atoms with van der Waals surface area (Å²) >= 11 is 0. The van der Waals surface area contributed by atoms with Gasteiger partial charge in [-0.2, -0.15) is 0 Å². The second kappa shape index (κ2) is 6.39. The summed E-state index contributed by atoms with van der Waals surface area (Å²) in [6.07, 6.45) is 3.78. The summed E-state index contributed by atoms with van der Waals surface area (Å²) in [7, 11) is 3.14. The van der Waals surface area contributed by atoms with E-state index in [0.717, 1.165) is 16.6 Å². The smallest absolute Gasteiger partial charge is 0.228 e. The molecule has 0 bridgehead atoms. The number of fused-ring (bicyclic) bond motifs is 1. The lowest BCUT2D eigenvalue weighted by atomic mass is 10.1. The van der Waals surface area contributed by atoms with Crippen LogP contribution in [0.4, 0.5) is 5.69 Å². The van der Waals surface area contributed by atoms with Crippen molar-refractivity contribution in [2.75, 3.05) is 19.5 Å². The van der Waals surface area contributed by atoms with E-state index in [0.29, 0.717) is 17.2 Å². The van der Waals surface area contributed by atoms with Gasteiger partial charge < -0.3 is 19.8 Å². The van der Waals surface area contributed by atoms with Crippen LogP contribution >= 0.6 is 0 Å². The van der Waals surface area contributed by atoms with Gasteiger partial charge in [-0.25, -0.2) is 4.98 Å². The maximum atomic E-state index is 12.3. The Morgan fingerprint density at radius 3 is 2.65 bits per heavy atom. The normalized spacial score (nSPS) is 10.5. The number of nitrogens with zero attached hydrogens (tertiary/aromatic N) is 1. The number of hydrogen-bond donors (Lipinski definition) is 2. The molecule has 118 valence electrons.